The van der Waals surface area contributed by atoms with Crippen molar-refractivity contribution in [3.8, 4) is 0 Å². The Morgan fingerprint density at radius 2 is 1.82 bits per heavy atom. The third-order valence-electron chi connectivity index (χ3n) is 5.39. The lowest BCUT2D eigenvalue weighted by Gasteiger charge is -2.38. The molecule has 1 aliphatic heterocycles. The summed E-state index contributed by atoms with van der Waals surface area (Å²) < 4.78 is 5.67. The SMILES string of the molecule is CCc1ccc(CCNC(=O)[C@H]2OCC(=O)N(C)[C@@H]2c2ccccc2C)cc1. The van der Waals surface area contributed by atoms with Crippen LogP contribution in [0, 0.1) is 6.92 Å². The molecule has 0 aromatic heterocycles. The van der Waals surface area contributed by atoms with E-state index in [1.54, 1.807) is 11.9 Å². The predicted molar refractivity (Wildman–Crippen MR) is 109 cm³/mol. The molecule has 1 heterocycles. The summed E-state index contributed by atoms with van der Waals surface area (Å²) >= 11 is 0. The fourth-order valence-corrected chi connectivity index (χ4v) is 3.59. The van der Waals surface area contributed by atoms with Gasteiger partial charge in [-0.05, 0) is 42.0 Å². The number of hydrogen-bond acceptors (Lipinski definition) is 3. The van der Waals surface area contributed by atoms with E-state index in [9.17, 15) is 9.59 Å². The Morgan fingerprint density at radius 1 is 1.14 bits per heavy atom. The second kappa shape index (κ2) is 9.02. The minimum Gasteiger partial charge on any atom is -0.356 e. The molecular weight excluding hydrogens is 352 g/mol. The fourth-order valence-electron chi connectivity index (χ4n) is 3.59. The molecule has 2 atom stereocenters. The molecule has 0 radical (unpaired) electrons. The zero-order valence-corrected chi connectivity index (χ0v) is 16.8. The lowest BCUT2D eigenvalue weighted by molar-refractivity contribution is -0.162. The van der Waals surface area contributed by atoms with Gasteiger partial charge in [-0.2, -0.15) is 0 Å². The van der Waals surface area contributed by atoms with Crippen LogP contribution in [0.15, 0.2) is 48.5 Å². The maximum atomic E-state index is 12.9. The Hall–Kier alpha value is -2.66. The Kier molecular flexibility index (Phi) is 6.47. The van der Waals surface area contributed by atoms with Gasteiger partial charge in [0, 0.05) is 13.6 Å². The number of rotatable bonds is 6. The van der Waals surface area contributed by atoms with Crippen molar-refractivity contribution in [2.45, 2.75) is 38.8 Å². The molecule has 28 heavy (non-hydrogen) atoms. The summed E-state index contributed by atoms with van der Waals surface area (Å²) in [7, 11) is 1.73. The van der Waals surface area contributed by atoms with Crippen LogP contribution in [0.25, 0.3) is 0 Å². The summed E-state index contributed by atoms with van der Waals surface area (Å²) in [4.78, 5) is 26.7. The highest BCUT2D eigenvalue weighted by atomic mass is 16.5. The van der Waals surface area contributed by atoms with Crippen molar-refractivity contribution in [2.75, 3.05) is 20.2 Å². The van der Waals surface area contributed by atoms with Gasteiger partial charge in [0.05, 0.1) is 6.04 Å². The molecule has 3 rings (SSSR count). The molecule has 1 aliphatic rings. The molecular formula is C23H28N2O3. The molecule has 0 aliphatic carbocycles. The van der Waals surface area contributed by atoms with Gasteiger partial charge >= 0.3 is 0 Å². The number of carbonyl (C=O) groups is 2. The molecule has 1 saturated heterocycles. The average molecular weight is 380 g/mol. The maximum Gasteiger partial charge on any atom is 0.251 e. The summed E-state index contributed by atoms with van der Waals surface area (Å²) in [5, 5.41) is 2.98. The van der Waals surface area contributed by atoms with Crippen molar-refractivity contribution in [3.63, 3.8) is 0 Å². The standard InChI is InChI=1S/C23H28N2O3/c1-4-17-9-11-18(12-10-17)13-14-24-23(27)22-21(25(3)20(26)15-28-22)19-8-6-5-7-16(19)2/h5-12,21-22H,4,13-15H2,1-3H3,(H,24,27)/t21-,22+/m1/s1. The molecule has 1 fully saturated rings. The number of aryl methyl sites for hydroxylation is 2. The Balaban J connectivity index is 1.67. The van der Waals surface area contributed by atoms with Gasteiger partial charge in [-0.1, -0.05) is 55.5 Å². The summed E-state index contributed by atoms with van der Waals surface area (Å²) in [5.41, 5.74) is 4.46. The maximum absolute atomic E-state index is 12.9. The number of amides is 2. The topological polar surface area (TPSA) is 58.6 Å². The Labute approximate surface area is 166 Å². The van der Waals surface area contributed by atoms with Crippen LogP contribution in [-0.4, -0.2) is 43.0 Å². The first-order valence-electron chi connectivity index (χ1n) is 9.79. The van der Waals surface area contributed by atoms with Crippen LogP contribution in [0.4, 0.5) is 0 Å². The van der Waals surface area contributed by atoms with Crippen LogP contribution in [0.1, 0.15) is 35.2 Å². The molecule has 5 nitrogen and oxygen atoms in total. The number of benzene rings is 2. The van der Waals surface area contributed by atoms with Crippen LogP contribution in [0.2, 0.25) is 0 Å². The van der Waals surface area contributed by atoms with Crippen molar-refractivity contribution in [1.29, 1.82) is 0 Å². The second-order valence-corrected chi connectivity index (χ2v) is 7.25. The normalized spacial score (nSPS) is 19.5. The number of ether oxygens (including phenoxy) is 1. The molecule has 2 amide bonds. The quantitative estimate of drug-likeness (QED) is 0.838. The van der Waals surface area contributed by atoms with E-state index in [1.165, 1.54) is 11.1 Å². The zero-order valence-electron chi connectivity index (χ0n) is 16.8. The number of carbonyl (C=O) groups excluding carboxylic acids is 2. The lowest BCUT2D eigenvalue weighted by Crippen LogP contribution is -2.53. The number of nitrogens with one attached hydrogen (secondary N) is 1. The highest BCUT2D eigenvalue weighted by Crippen LogP contribution is 2.31. The smallest absolute Gasteiger partial charge is 0.251 e. The first kappa shape index (κ1) is 20.1. The first-order valence-corrected chi connectivity index (χ1v) is 9.79. The van der Waals surface area contributed by atoms with Crippen LogP contribution >= 0.6 is 0 Å². The molecule has 0 unspecified atom stereocenters. The number of nitrogens with zero attached hydrogens (tertiary/aromatic N) is 1. The Bertz CT molecular complexity index is 832. The van der Waals surface area contributed by atoms with Crippen LogP contribution < -0.4 is 5.32 Å². The van der Waals surface area contributed by atoms with E-state index in [4.69, 9.17) is 4.74 Å². The van der Waals surface area contributed by atoms with Gasteiger partial charge in [-0.15, -0.1) is 0 Å². The van der Waals surface area contributed by atoms with Gasteiger partial charge in [0.2, 0.25) is 5.91 Å². The van der Waals surface area contributed by atoms with Gasteiger partial charge in [0.1, 0.15) is 6.61 Å². The van der Waals surface area contributed by atoms with Gasteiger partial charge < -0.3 is 15.0 Å². The molecule has 1 N–H and O–H groups in total. The third kappa shape index (κ3) is 4.42. The Morgan fingerprint density at radius 3 is 2.50 bits per heavy atom. The molecule has 2 aromatic carbocycles. The molecule has 148 valence electrons. The summed E-state index contributed by atoms with van der Waals surface area (Å²) in [5.74, 6) is -0.300. The van der Waals surface area contributed by atoms with Crippen molar-refractivity contribution in [2.24, 2.45) is 0 Å². The molecule has 2 aromatic rings. The van der Waals surface area contributed by atoms with Crippen molar-refractivity contribution in [3.05, 3.63) is 70.8 Å². The van der Waals surface area contributed by atoms with Crippen LogP contribution in [0.3, 0.4) is 0 Å². The van der Waals surface area contributed by atoms with E-state index in [1.807, 2.05) is 31.2 Å². The second-order valence-electron chi connectivity index (χ2n) is 7.25. The van der Waals surface area contributed by atoms with Crippen LogP contribution in [-0.2, 0) is 27.2 Å². The average Bonchev–Trinajstić information content (AvgIpc) is 2.71. The number of hydrogen-bond donors (Lipinski definition) is 1. The van der Waals surface area contributed by atoms with Crippen molar-refractivity contribution in [1.82, 2.24) is 10.2 Å². The predicted octanol–water partition coefficient (Wildman–Crippen LogP) is 2.81. The number of likely N-dealkylation sites (N-methyl/N-ethyl adjacent to an activating group) is 1. The van der Waals surface area contributed by atoms with Gasteiger partial charge in [0.25, 0.3) is 5.91 Å². The van der Waals surface area contributed by atoms with E-state index in [0.29, 0.717) is 6.54 Å². The van der Waals surface area contributed by atoms with Crippen molar-refractivity contribution < 1.29 is 14.3 Å². The first-order chi connectivity index (χ1) is 13.5. The van der Waals surface area contributed by atoms with E-state index in [2.05, 4.69) is 36.5 Å². The minimum atomic E-state index is -0.716. The highest BCUT2D eigenvalue weighted by Gasteiger charge is 2.40. The summed E-state index contributed by atoms with van der Waals surface area (Å²) in [6.45, 7) is 4.57. The van der Waals surface area contributed by atoms with Gasteiger partial charge in [-0.25, -0.2) is 0 Å². The summed E-state index contributed by atoms with van der Waals surface area (Å²) in [6.07, 6.45) is 1.06. The van der Waals surface area contributed by atoms with Crippen LogP contribution in [0.5, 0.6) is 0 Å². The largest absolute Gasteiger partial charge is 0.356 e. The van der Waals surface area contributed by atoms with E-state index in [0.717, 1.165) is 24.0 Å². The fraction of sp³-hybridized carbons (Fsp3) is 0.391. The van der Waals surface area contributed by atoms with E-state index >= 15 is 0 Å². The van der Waals surface area contributed by atoms with Gasteiger partial charge in [-0.3, -0.25) is 9.59 Å². The van der Waals surface area contributed by atoms with E-state index in [-0.39, 0.29) is 18.4 Å². The summed E-state index contributed by atoms with van der Waals surface area (Å²) in [6, 6.07) is 15.8. The minimum absolute atomic E-state index is 0.0740. The van der Waals surface area contributed by atoms with Gasteiger partial charge in [0.15, 0.2) is 6.10 Å². The molecule has 0 bridgehead atoms. The lowest BCUT2D eigenvalue weighted by atomic mass is 9.94. The van der Waals surface area contributed by atoms with E-state index < -0.39 is 12.1 Å². The van der Waals surface area contributed by atoms with Crippen molar-refractivity contribution >= 4 is 11.8 Å². The number of morpholine rings is 1. The monoisotopic (exact) mass is 380 g/mol. The molecule has 5 heteroatoms. The third-order valence-corrected chi connectivity index (χ3v) is 5.39. The highest BCUT2D eigenvalue weighted by molar-refractivity contribution is 5.86. The zero-order chi connectivity index (χ0) is 20.1. The molecule has 0 saturated carbocycles. The molecule has 0 spiro atoms.